The summed E-state index contributed by atoms with van der Waals surface area (Å²) in [5, 5.41) is 8.86. The number of benzene rings is 1. The van der Waals surface area contributed by atoms with Crippen LogP contribution in [0.4, 0.5) is 0 Å². The number of imidazole rings is 1. The number of para-hydroxylation sites is 1. The van der Waals surface area contributed by atoms with Crippen molar-refractivity contribution >= 4 is 22.9 Å². The van der Waals surface area contributed by atoms with Gasteiger partial charge in [-0.2, -0.15) is 0 Å². The zero-order chi connectivity index (χ0) is 16.1. The van der Waals surface area contributed by atoms with E-state index in [1.54, 1.807) is 0 Å². The topological polar surface area (TPSA) is 86.3 Å². The monoisotopic (exact) mass is 303 g/mol. The number of H-pyrrole nitrogens is 1. The Morgan fingerprint density at radius 2 is 2.14 bits per heavy atom. The molecular formula is C16H21N3O3. The summed E-state index contributed by atoms with van der Waals surface area (Å²) in [4.78, 5) is 32.0. The summed E-state index contributed by atoms with van der Waals surface area (Å²) in [5.41, 5.74) is 2.96. The molecule has 0 aliphatic rings. The van der Waals surface area contributed by atoms with Crippen LogP contribution in [0.25, 0.3) is 11.0 Å². The zero-order valence-electron chi connectivity index (χ0n) is 12.9. The maximum Gasteiger partial charge on any atom is 0.323 e. The Morgan fingerprint density at radius 1 is 1.36 bits per heavy atom. The van der Waals surface area contributed by atoms with E-state index in [1.165, 1.54) is 4.90 Å². The molecule has 0 bridgehead atoms. The van der Waals surface area contributed by atoms with Crippen LogP contribution in [0, 0.1) is 6.92 Å². The van der Waals surface area contributed by atoms with Crippen molar-refractivity contribution in [2.24, 2.45) is 0 Å². The number of aromatic nitrogens is 2. The number of aliphatic carboxylic acids is 1. The molecule has 2 rings (SSSR count). The maximum atomic E-state index is 12.1. The van der Waals surface area contributed by atoms with Crippen molar-refractivity contribution in [3.8, 4) is 0 Å². The summed E-state index contributed by atoms with van der Waals surface area (Å²) in [7, 11) is 0. The van der Waals surface area contributed by atoms with E-state index in [0.29, 0.717) is 13.0 Å². The average Bonchev–Trinajstić information content (AvgIpc) is 2.88. The molecule has 0 fully saturated rings. The van der Waals surface area contributed by atoms with Crippen LogP contribution in [0.2, 0.25) is 0 Å². The molecule has 0 radical (unpaired) electrons. The minimum Gasteiger partial charge on any atom is -0.480 e. The van der Waals surface area contributed by atoms with Crippen LogP contribution < -0.4 is 0 Å². The first-order chi connectivity index (χ1) is 10.5. The number of nitrogens with one attached hydrogen (secondary N) is 1. The Labute approximate surface area is 129 Å². The third kappa shape index (κ3) is 3.84. The van der Waals surface area contributed by atoms with Gasteiger partial charge < -0.3 is 15.0 Å². The Balaban J connectivity index is 2.02. The highest BCUT2D eigenvalue weighted by Crippen LogP contribution is 2.16. The third-order valence-electron chi connectivity index (χ3n) is 3.51. The number of rotatable bonds is 7. The second kappa shape index (κ2) is 7.06. The van der Waals surface area contributed by atoms with Crippen LogP contribution >= 0.6 is 0 Å². The number of nitrogens with zero attached hydrogens (tertiary/aromatic N) is 2. The van der Waals surface area contributed by atoms with Gasteiger partial charge in [-0.05, 0) is 25.0 Å². The van der Waals surface area contributed by atoms with Gasteiger partial charge in [-0.1, -0.05) is 19.1 Å². The molecule has 1 aromatic carbocycles. The van der Waals surface area contributed by atoms with Gasteiger partial charge in [0.05, 0.1) is 11.0 Å². The second-order valence-corrected chi connectivity index (χ2v) is 5.36. The Bertz CT molecular complexity index is 678. The number of hydrogen-bond acceptors (Lipinski definition) is 3. The standard InChI is InChI=1S/C16H21N3O3/c1-3-9-19(10-15(21)22)14(20)8-7-13-17-12-6-4-5-11(2)16(12)18-13/h4-6H,3,7-10H2,1-2H3,(H,17,18)(H,21,22). The highest BCUT2D eigenvalue weighted by molar-refractivity contribution is 5.82. The summed E-state index contributed by atoms with van der Waals surface area (Å²) in [6.07, 6.45) is 1.47. The lowest BCUT2D eigenvalue weighted by Crippen LogP contribution is -2.36. The van der Waals surface area contributed by atoms with Gasteiger partial charge in [-0.15, -0.1) is 0 Å². The van der Waals surface area contributed by atoms with Gasteiger partial charge >= 0.3 is 5.97 Å². The van der Waals surface area contributed by atoms with Crippen molar-refractivity contribution in [3.63, 3.8) is 0 Å². The van der Waals surface area contributed by atoms with E-state index in [-0.39, 0.29) is 18.9 Å². The first-order valence-corrected chi connectivity index (χ1v) is 7.45. The van der Waals surface area contributed by atoms with Crippen LogP contribution in [0.15, 0.2) is 18.2 Å². The van der Waals surface area contributed by atoms with Gasteiger partial charge in [0.1, 0.15) is 12.4 Å². The van der Waals surface area contributed by atoms with Crippen LogP contribution in [0.3, 0.4) is 0 Å². The predicted molar refractivity (Wildman–Crippen MR) is 83.7 cm³/mol. The molecule has 118 valence electrons. The van der Waals surface area contributed by atoms with Crippen molar-refractivity contribution in [1.29, 1.82) is 0 Å². The SMILES string of the molecule is CCCN(CC(=O)O)C(=O)CCc1nc2c(C)cccc2[nH]1. The van der Waals surface area contributed by atoms with E-state index >= 15 is 0 Å². The number of hydrogen-bond donors (Lipinski definition) is 2. The van der Waals surface area contributed by atoms with E-state index in [4.69, 9.17) is 5.11 Å². The molecule has 0 saturated heterocycles. The molecule has 1 heterocycles. The molecule has 0 spiro atoms. The van der Waals surface area contributed by atoms with Crippen molar-refractivity contribution in [1.82, 2.24) is 14.9 Å². The Hall–Kier alpha value is -2.37. The summed E-state index contributed by atoms with van der Waals surface area (Å²) < 4.78 is 0. The number of carboxylic acid groups (broad SMARTS) is 1. The molecule has 0 aliphatic carbocycles. The maximum absolute atomic E-state index is 12.1. The van der Waals surface area contributed by atoms with E-state index in [9.17, 15) is 9.59 Å². The van der Waals surface area contributed by atoms with Gasteiger partial charge in [-0.3, -0.25) is 9.59 Å². The highest BCUT2D eigenvalue weighted by atomic mass is 16.4. The first-order valence-electron chi connectivity index (χ1n) is 7.45. The smallest absolute Gasteiger partial charge is 0.323 e. The molecule has 0 atom stereocenters. The van der Waals surface area contributed by atoms with Crippen molar-refractivity contribution in [3.05, 3.63) is 29.6 Å². The zero-order valence-corrected chi connectivity index (χ0v) is 12.9. The van der Waals surface area contributed by atoms with Crippen LogP contribution in [-0.2, 0) is 16.0 Å². The molecule has 2 N–H and O–H groups in total. The minimum absolute atomic E-state index is 0.151. The van der Waals surface area contributed by atoms with Crippen LogP contribution in [-0.4, -0.2) is 44.9 Å². The lowest BCUT2D eigenvalue weighted by Gasteiger charge is -2.19. The van der Waals surface area contributed by atoms with Gasteiger partial charge in [0.2, 0.25) is 5.91 Å². The van der Waals surface area contributed by atoms with Gasteiger partial charge in [0.15, 0.2) is 0 Å². The van der Waals surface area contributed by atoms with Gasteiger partial charge in [-0.25, -0.2) is 4.98 Å². The van der Waals surface area contributed by atoms with E-state index in [0.717, 1.165) is 28.8 Å². The number of aryl methyl sites for hydroxylation is 2. The summed E-state index contributed by atoms with van der Waals surface area (Å²) in [6, 6.07) is 5.91. The number of carbonyl (C=O) groups excluding carboxylic acids is 1. The van der Waals surface area contributed by atoms with Crippen LogP contribution in [0.5, 0.6) is 0 Å². The summed E-state index contributed by atoms with van der Waals surface area (Å²) in [6.45, 7) is 4.13. The fraction of sp³-hybridized carbons (Fsp3) is 0.438. The summed E-state index contributed by atoms with van der Waals surface area (Å²) in [5.74, 6) is -0.382. The van der Waals surface area contributed by atoms with E-state index in [2.05, 4.69) is 9.97 Å². The third-order valence-corrected chi connectivity index (χ3v) is 3.51. The molecule has 1 amide bonds. The normalized spacial score (nSPS) is 10.8. The molecule has 6 nitrogen and oxygen atoms in total. The lowest BCUT2D eigenvalue weighted by molar-refractivity contribution is -0.144. The van der Waals surface area contributed by atoms with Crippen molar-refractivity contribution in [2.45, 2.75) is 33.1 Å². The quantitative estimate of drug-likeness (QED) is 0.820. The molecule has 0 aliphatic heterocycles. The Kier molecular flexibility index (Phi) is 5.14. The van der Waals surface area contributed by atoms with E-state index in [1.807, 2.05) is 32.0 Å². The predicted octanol–water partition coefficient (Wildman–Crippen LogP) is 2.13. The van der Waals surface area contributed by atoms with Crippen molar-refractivity contribution < 1.29 is 14.7 Å². The van der Waals surface area contributed by atoms with Gasteiger partial charge in [0.25, 0.3) is 0 Å². The molecule has 22 heavy (non-hydrogen) atoms. The lowest BCUT2D eigenvalue weighted by atomic mass is 10.2. The second-order valence-electron chi connectivity index (χ2n) is 5.36. The van der Waals surface area contributed by atoms with Gasteiger partial charge in [0, 0.05) is 19.4 Å². The minimum atomic E-state index is -0.985. The summed E-state index contributed by atoms with van der Waals surface area (Å²) >= 11 is 0. The first kappa shape index (κ1) is 16.0. The highest BCUT2D eigenvalue weighted by Gasteiger charge is 2.16. The number of amides is 1. The van der Waals surface area contributed by atoms with Crippen LogP contribution in [0.1, 0.15) is 31.2 Å². The fourth-order valence-electron chi connectivity index (χ4n) is 2.45. The largest absolute Gasteiger partial charge is 0.480 e. The molecular weight excluding hydrogens is 282 g/mol. The fourth-order valence-corrected chi connectivity index (χ4v) is 2.45. The van der Waals surface area contributed by atoms with E-state index < -0.39 is 5.97 Å². The molecule has 2 aromatic rings. The van der Waals surface area contributed by atoms with Crippen molar-refractivity contribution in [2.75, 3.05) is 13.1 Å². The average molecular weight is 303 g/mol. The Morgan fingerprint density at radius 3 is 2.77 bits per heavy atom. The number of aromatic amines is 1. The molecule has 6 heteroatoms. The molecule has 0 saturated carbocycles. The number of carbonyl (C=O) groups is 2. The molecule has 0 unspecified atom stereocenters. The molecule has 1 aromatic heterocycles. The number of carboxylic acids is 1. The number of fused-ring (bicyclic) bond motifs is 1.